The van der Waals surface area contributed by atoms with Crippen molar-refractivity contribution in [3.8, 4) is 0 Å². The summed E-state index contributed by atoms with van der Waals surface area (Å²) in [7, 11) is 2.07. The average Bonchev–Trinajstić information content (AvgIpc) is 3.14. The number of hydrogen-bond donors (Lipinski definition) is 1. The molecule has 0 aliphatic heterocycles. The Hall–Kier alpha value is -1.03. The van der Waals surface area contributed by atoms with E-state index >= 15 is 0 Å². The molecule has 0 spiro atoms. The molecule has 1 fully saturated rings. The maximum atomic E-state index is 4.64. The monoisotopic (exact) mass is 278 g/mol. The van der Waals surface area contributed by atoms with Gasteiger partial charge in [-0.25, -0.2) is 0 Å². The molecule has 1 aromatic rings. The number of rotatable bonds is 8. The van der Waals surface area contributed by atoms with Crippen molar-refractivity contribution < 1.29 is 0 Å². The van der Waals surface area contributed by atoms with Crippen LogP contribution in [0.2, 0.25) is 0 Å². The lowest BCUT2D eigenvalue weighted by Gasteiger charge is -2.24. The molecule has 0 amide bonds. The summed E-state index contributed by atoms with van der Waals surface area (Å²) in [6, 6.07) is 0. The number of nitrogens with zero attached hydrogens (tertiary/aromatic N) is 3. The zero-order valence-corrected chi connectivity index (χ0v) is 13.7. The summed E-state index contributed by atoms with van der Waals surface area (Å²) in [5, 5.41) is 8.20. The lowest BCUT2D eigenvalue weighted by atomic mass is 10.2. The Bertz CT molecular complexity index is 432. The van der Waals surface area contributed by atoms with Gasteiger partial charge in [0.15, 0.2) is 0 Å². The Morgan fingerprint density at radius 2 is 2.10 bits per heavy atom. The van der Waals surface area contributed by atoms with Gasteiger partial charge < -0.3 is 10.2 Å². The van der Waals surface area contributed by atoms with Crippen LogP contribution in [-0.2, 0) is 13.6 Å². The SMILES string of the molecule is CCN(CC1CC1)c1c(CNCC(C)C)c(C)nn1C. The number of aromatic nitrogens is 2. The molecule has 0 saturated heterocycles. The molecule has 1 saturated carbocycles. The van der Waals surface area contributed by atoms with Gasteiger partial charge in [0.05, 0.1) is 5.69 Å². The van der Waals surface area contributed by atoms with Crippen LogP contribution in [0.1, 0.15) is 44.9 Å². The third-order valence-electron chi connectivity index (χ3n) is 4.02. The van der Waals surface area contributed by atoms with Crippen LogP contribution < -0.4 is 10.2 Å². The van der Waals surface area contributed by atoms with E-state index in [1.165, 1.54) is 30.8 Å². The van der Waals surface area contributed by atoms with E-state index in [-0.39, 0.29) is 0 Å². The highest BCUT2D eigenvalue weighted by Gasteiger charge is 2.26. The van der Waals surface area contributed by atoms with Crippen molar-refractivity contribution in [1.82, 2.24) is 15.1 Å². The van der Waals surface area contributed by atoms with E-state index in [2.05, 4.69) is 54.7 Å². The molecule has 1 heterocycles. The first-order valence-corrected chi connectivity index (χ1v) is 8.01. The molecule has 114 valence electrons. The molecule has 1 N–H and O–H groups in total. The van der Waals surface area contributed by atoms with E-state index in [1.807, 2.05) is 0 Å². The Morgan fingerprint density at radius 1 is 1.40 bits per heavy atom. The fraction of sp³-hybridized carbons (Fsp3) is 0.812. The number of hydrogen-bond acceptors (Lipinski definition) is 3. The summed E-state index contributed by atoms with van der Waals surface area (Å²) in [4.78, 5) is 2.50. The summed E-state index contributed by atoms with van der Waals surface area (Å²) in [6.45, 7) is 13.1. The summed E-state index contributed by atoms with van der Waals surface area (Å²) in [6.07, 6.45) is 2.79. The van der Waals surface area contributed by atoms with E-state index < -0.39 is 0 Å². The van der Waals surface area contributed by atoms with E-state index in [1.54, 1.807) is 0 Å². The molecular formula is C16H30N4. The molecule has 0 unspecified atom stereocenters. The predicted molar refractivity (Wildman–Crippen MR) is 85.1 cm³/mol. The van der Waals surface area contributed by atoms with Crippen LogP contribution in [0.5, 0.6) is 0 Å². The van der Waals surface area contributed by atoms with Crippen molar-refractivity contribution >= 4 is 5.82 Å². The first-order valence-electron chi connectivity index (χ1n) is 8.01. The van der Waals surface area contributed by atoms with Crippen LogP contribution in [0.25, 0.3) is 0 Å². The average molecular weight is 278 g/mol. The Morgan fingerprint density at radius 3 is 2.65 bits per heavy atom. The van der Waals surface area contributed by atoms with Gasteiger partial charge in [0.1, 0.15) is 5.82 Å². The fourth-order valence-corrected chi connectivity index (χ4v) is 2.76. The van der Waals surface area contributed by atoms with Crippen LogP contribution in [0.3, 0.4) is 0 Å². The third-order valence-corrected chi connectivity index (χ3v) is 4.02. The van der Waals surface area contributed by atoms with Gasteiger partial charge in [0.2, 0.25) is 0 Å². The Labute approximate surface area is 123 Å². The van der Waals surface area contributed by atoms with Crippen LogP contribution in [0, 0.1) is 18.8 Å². The first-order chi connectivity index (χ1) is 9.52. The predicted octanol–water partition coefficient (Wildman–Crippen LogP) is 2.71. The molecule has 1 aromatic heterocycles. The zero-order chi connectivity index (χ0) is 14.7. The van der Waals surface area contributed by atoms with Crippen LogP contribution >= 0.6 is 0 Å². The number of anilines is 1. The van der Waals surface area contributed by atoms with Gasteiger partial charge in [-0.3, -0.25) is 4.68 Å². The minimum absolute atomic E-state index is 0.684. The molecule has 0 atom stereocenters. The second kappa shape index (κ2) is 6.61. The quantitative estimate of drug-likeness (QED) is 0.793. The standard InChI is InChI=1S/C16H30N4/c1-6-20(11-14-7-8-14)16-15(10-17-9-12(2)3)13(4)18-19(16)5/h12,14,17H,6-11H2,1-5H3. The minimum Gasteiger partial charge on any atom is -0.357 e. The first kappa shape index (κ1) is 15.4. The van der Waals surface area contributed by atoms with E-state index in [0.29, 0.717) is 5.92 Å². The van der Waals surface area contributed by atoms with Crippen LogP contribution in [0.15, 0.2) is 0 Å². The molecular weight excluding hydrogens is 248 g/mol. The van der Waals surface area contributed by atoms with Gasteiger partial charge in [-0.1, -0.05) is 13.8 Å². The molecule has 20 heavy (non-hydrogen) atoms. The molecule has 0 radical (unpaired) electrons. The highest BCUT2D eigenvalue weighted by molar-refractivity contribution is 5.50. The van der Waals surface area contributed by atoms with E-state index in [4.69, 9.17) is 0 Å². The Kier molecular flexibility index (Phi) is 5.08. The summed E-state index contributed by atoms with van der Waals surface area (Å²) in [5.74, 6) is 2.90. The molecule has 0 bridgehead atoms. The number of nitrogens with one attached hydrogen (secondary N) is 1. The molecule has 1 aliphatic rings. The van der Waals surface area contributed by atoms with Crippen LogP contribution in [-0.4, -0.2) is 29.4 Å². The second-order valence-corrected chi connectivity index (χ2v) is 6.52. The summed E-state index contributed by atoms with van der Waals surface area (Å²) in [5.41, 5.74) is 2.53. The van der Waals surface area contributed by atoms with Gasteiger partial charge in [-0.2, -0.15) is 5.10 Å². The van der Waals surface area contributed by atoms with Crippen molar-refractivity contribution in [3.05, 3.63) is 11.3 Å². The molecule has 0 aromatic carbocycles. The summed E-state index contributed by atoms with van der Waals surface area (Å²) >= 11 is 0. The van der Waals surface area contributed by atoms with Gasteiger partial charge >= 0.3 is 0 Å². The van der Waals surface area contributed by atoms with Crippen molar-refractivity contribution in [1.29, 1.82) is 0 Å². The van der Waals surface area contributed by atoms with Crippen molar-refractivity contribution in [3.63, 3.8) is 0 Å². The van der Waals surface area contributed by atoms with Crippen molar-refractivity contribution in [2.75, 3.05) is 24.5 Å². The maximum absolute atomic E-state index is 4.64. The fourth-order valence-electron chi connectivity index (χ4n) is 2.76. The largest absolute Gasteiger partial charge is 0.357 e. The number of aryl methyl sites for hydroxylation is 2. The Balaban J connectivity index is 2.12. The third kappa shape index (κ3) is 3.75. The summed E-state index contributed by atoms with van der Waals surface area (Å²) < 4.78 is 2.06. The smallest absolute Gasteiger partial charge is 0.131 e. The van der Waals surface area contributed by atoms with Gasteiger partial charge in [-0.05, 0) is 45.1 Å². The lowest BCUT2D eigenvalue weighted by molar-refractivity contribution is 0.550. The van der Waals surface area contributed by atoms with E-state index in [9.17, 15) is 0 Å². The minimum atomic E-state index is 0.684. The topological polar surface area (TPSA) is 33.1 Å². The molecule has 2 rings (SSSR count). The van der Waals surface area contributed by atoms with Gasteiger partial charge in [-0.15, -0.1) is 0 Å². The molecule has 1 aliphatic carbocycles. The van der Waals surface area contributed by atoms with Crippen molar-refractivity contribution in [2.24, 2.45) is 18.9 Å². The molecule has 4 heteroatoms. The highest BCUT2D eigenvalue weighted by Crippen LogP contribution is 2.32. The second-order valence-electron chi connectivity index (χ2n) is 6.52. The lowest BCUT2D eigenvalue weighted by Crippen LogP contribution is -2.29. The van der Waals surface area contributed by atoms with Gasteiger partial charge in [0, 0.05) is 32.2 Å². The highest BCUT2D eigenvalue weighted by atomic mass is 15.4. The van der Waals surface area contributed by atoms with E-state index in [0.717, 1.165) is 31.2 Å². The normalized spacial score (nSPS) is 15.1. The van der Waals surface area contributed by atoms with Crippen molar-refractivity contribution in [2.45, 2.75) is 47.1 Å². The van der Waals surface area contributed by atoms with Gasteiger partial charge in [0.25, 0.3) is 0 Å². The molecule has 4 nitrogen and oxygen atoms in total. The van der Waals surface area contributed by atoms with Crippen LogP contribution in [0.4, 0.5) is 5.82 Å². The zero-order valence-electron chi connectivity index (χ0n) is 13.7. The maximum Gasteiger partial charge on any atom is 0.131 e.